The first-order chi connectivity index (χ1) is 9.38. The zero-order valence-corrected chi connectivity index (χ0v) is 11.1. The number of carbonyl (C=O) groups excluding carboxylic acids is 1. The van der Waals surface area contributed by atoms with Crippen LogP contribution in [0.1, 0.15) is 27.0 Å². The van der Waals surface area contributed by atoms with E-state index >= 15 is 0 Å². The first-order valence-corrected chi connectivity index (χ1v) is 6.12. The van der Waals surface area contributed by atoms with Crippen LogP contribution in [-0.4, -0.2) is 5.78 Å². The fraction of sp³-hybridized carbons (Fsp3) is 0.188. The molecular formula is C16H13F3O. The van der Waals surface area contributed by atoms with Crippen LogP contribution in [0.15, 0.2) is 30.3 Å². The summed E-state index contributed by atoms with van der Waals surface area (Å²) < 4.78 is 39.4. The summed E-state index contributed by atoms with van der Waals surface area (Å²) in [4.78, 5) is 12.1. The van der Waals surface area contributed by atoms with Crippen molar-refractivity contribution in [2.24, 2.45) is 0 Å². The number of Topliss-reactive ketones (excluding diaryl/α,β-unsaturated/α-hetero) is 1. The fourth-order valence-electron chi connectivity index (χ4n) is 2.04. The lowest BCUT2D eigenvalue weighted by molar-refractivity contribution is 0.0992. The highest BCUT2D eigenvalue weighted by atomic mass is 19.2. The lowest BCUT2D eigenvalue weighted by atomic mass is 9.99. The van der Waals surface area contributed by atoms with Crippen molar-refractivity contribution in [3.63, 3.8) is 0 Å². The Kier molecular flexibility index (Phi) is 3.93. The van der Waals surface area contributed by atoms with Gasteiger partial charge in [-0.15, -0.1) is 0 Å². The molecule has 0 atom stereocenters. The Labute approximate surface area is 115 Å². The fourth-order valence-corrected chi connectivity index (χ4v) is 2.04. The molecule has 2 aromatic carbocycles. The Morgan fingerprint density at radius 3 is 2.10 bits per heavy atom. The van der Waals surface area contributed by atoms with Crippen LogP contribution >= 0.6 is 0 Å². The summed E-state index contributed by atoms with van der Waals surface area (Å²) in [6.45, 7) is 3.16. The topological polar surface area (TPSA) is 17.1 Å². The van der Waals surface area contributed by atoms with E-state index in [4.69, 9.17) is 0 Å². The third-order valence-electron chi connectivity index (χ3n) is 3.11. The maximum absolute atomic E-state index is 13.5. The van der Waals surface area contributed by atoms with Crippen molar-refractivity contribution in [2.75, 3.05) is 0 Å². The third kappa shape index (κ3) is 2.90. The van der Waals surface area contributed by atoms with Crippen LogP contribution in [0.2, 0.25) is 0 Å². The van der Waals surface area contributed by atoms with Gasteiger partial charge in [0.2, 0.25) is 0 Å². The Balaban J connectivity index is 2.26. The molecule has 0 unspecified atom stereocenters. The molecular weight excluding hydrogens is 265 g/mol. The summed E-state index contributed by atoms with van der Waals surface area (Å²) in [6, 6.07) is 6.27. The summed E-state index contributed by atoms with van der Waals surface area (Å²) in [5.41, 5.74) is 1.52. The first-order valence-electron chi connectivity index (χ1n) is 6.12. The maximum atomic E-state index is 13.5. The minimum Gasteiger partial charge on any atom is -0.294 e. The molecule has 2 aromatic rings. The highest BCUT2D eigenvalue weighted by molar-refractivity contribution is 5.97. The number of rotatable bonds is 3. The zero-order chi connectivity index (χ0) is 14.9. The van der Waals surface area contributed by atoms with Gasteiger partial charge < -0.3 is 0 Å². The molecule has 0 spiro atoms. The van der Waals surface area contributed by atoms with Crippen molar-refractivity contribution >= 4 is 5.78 Å². The van der Waals surface area contributed by atoms with Crippen molar-refractivity contribution in [2.45, 2.75) is 20.3 Å². The van der Waals surface area contributed by atoms with E-state index in [0.29, 0.717) is 22.3 Å². The van der Waals surface area contributed by atoms with Crippen LogP contribution < -0.4 is 0 Å². The van der Waals surface area contributed by atoms with Gasteiger partial charge in [0.1, 0.15) is 5.82 Å². The number of ketones is 1. The lowest BCUT2D eigenvalue weighted by Crippen LogP contribution is -2.06. The van der Waals surface area contributed by atoms with Crippen molar-refractivity contribution in [3.8, 4) is 0 Å². The molecule has 0 N–H and O–H groups in total. The second-order valence-corrected chi connectivity index (χ2v) is 4.77. The molecule has 0 radical (unpaired) electrons. The Bertz CT molecular complexity index is 654. The second kappa shape index (κ2) is 5.49. The molecule has 4 heteroatoms. The molecule has 0 bridgehead atoms. The second-order valence-electron chi connectivity index (χ2n) is 4.77. The number of benzene rings is 2. The van der Waals surface area contributed by atoms with E-state index in [1.54, 1.807) is 13.8 Å². The quantitative estimate of drug-likeness (QED) is 0.771. The SMILES string of the molecule is Cc1cc(C(=O)Cc2ccc(F)c(F)c2)cc(C)c1F. The van der Waals surface area contributed by atoms with Crippen molar-refractivity contribution in [1.29, 1.82) is 0 Å². The Morgan fingerprint density at radius 1 is 0.950 bits per heavy atom. The first kappa shape index (κ1) is 14.3. The number of hydrogen-bond acceptors (Lipinski definition) is 1. The predicted molar refractivity (Wildman–Crippen MR) is 70.3 cm³/mol. The summed E-state index contributed by atoms with van der Waals surface area (Å²) in [5, 5.41) is 0. The highest BCUT2D eigenvalue weighted by Crippen LogP contribution is 2.17. The van der Waals surface area contributed by atoms with Crippen LogP contribution in [0.5, 0.6) is 0 Å². The number of hydrogen-bond donors (Lipinski definition) is 0. The molecule has 0 aliphatic carbocycles. The molecule has 1 nitrogen and oxygen atoms in total. The van der Waals surface area contributed by atoms with E-state index in [9.17, 15) is 18.0 Å². The van der Waals surface area contributed by atoms with Gasteiger partial charge in [0, 0.05) is 12.0 Å². The minimum atomic E-state index is -0.984. The zero-order valence-electron chi connectivity index (χ0n) is 11.1. The van der Waals surface area contributed by atoms with Crippen LogP contribution in [-0.2, 0) is 6.42 Å². The molecule has 20 heavy (non-hydrogen) atoms. The Hall–Kier alpha value is -2.10. The van der Waals surface area contributed by atoms with Gasteiger partial charge in [-0.05, 0) is 54.8 Å². The minimum absolute atomic E-state index is 0.0539. The summed E-state index contributed by atoms with van der Waals surface area (Å²) >= 11 is 0. The van der Waals surface area contributed by atoms with Crippen LogP contribution in [0.25, 0.3) is 0 Å². The number of carbonyl (C=O) groups is 1. The summed E-state index contributed by atoms with van der Waals surface area (Å²) in [7, 11) is 0. The highest BCUT2D eigenvalue weighted by Gasteiger charge is 2.12. The maximum Gasteiger partial charge on any atom is 0.167 e. The van der Waals surface area contributed by atoms with Crippen LogP contribution in [0, 0.1) is 31.3 Å². The van der Waals surface area contributed by atoms with Crippen molar-refractivity contribution in [3.05, 3.63) is 70.0 Å². The van der Waals surface area contributed by atoms with E-state index < -0.39 is 11.6 Å². The van der Waals surface area contributed by atoms with Gasteiger partial charge in [-0.1, -0.05) is 6.07 Å². The molecule has 0 amide bonds. The monoisotopic (exact) mass is 278 g/mol. The van der Waals surface area contributed by atoms with Gasteiger partial charge in [-0.2, -0.15) is 0 Å². The third-order valence-corrected chi connectivity index (χ3v) is 3.11. The smallest absolute Gasteiger partial charge is 0.167 e. The van der Waals surface area contributed by atoms with E-state index in [0.717, 1.165) is 12.1 Å². The average molecular weight is 278 g/mol. The van der Waals surface area contributed by atoms with Crippen molar-refractivity contribution < 1.29 is 18.0 Å². The van der Waals surface area contributed by atoms with E-state index in [-0.39, 0.29) is 18.0 Å². The predicted octanol–water partition coefficient (Wildman–Crippen LogP) is 4.15. The largest absolute Gasteiger partial charge is 0.294 e. The van der Waals surface area contributed by atoms with Gasteiger partial charge in [0.05, 0.1) is 0 Å². The lowest BCUT2D eigenvalue weighted by Gasteiger charge is -2.06. The Morgan fingerprint density at radius 2 is 1.55 bits per heavy atom. The normalized spacial score (nSPS) is 10.7. The molecule has 0 fully saturated rings. The van der Waals surface area contributed by atoms with E-state index in [2.05, 4.69) is 0 Å². The van der Waals surface area contributed by atoms with E-state index in [1.807, 2.05) is 0 Å². The summed E-state index contributed by atoms with van der Waals surface area (Å²) in [5.74, 6) is -2.53. The van der Waals surface area contributed by atoms with Gasteiger partial charge in [0.15, 0.2) is 17.4 Å². The molecule has 0 saturated heterocycles. The molecule has 0 aliphatic heterocycles. The molecule has 2 rings (SSSR count). The molecule has 0 aromatic heterocycles. The van der Waals surface area contributed by atoms with Gasteiger partial charge >= 0.3 is 0 Å². The average Bonchev–Trinajstić information content (AvgIpc) is 2.39. The van der Waals surface area contributed by atoms with Gasteiger partial charge in [-0.25, -0.2) is 13.2 Å². The van der Waals surface area contributed by atoms with Gasteiger partial charge in [0.25, 0.3) is 0 Å². The molecule has 0 aliphatic rings. The molecule has 104 valence electrons. The summed E-state index contributed by atoms with van der Waals surface area (Å²) in [6.07, 6.45) is -0.0539. The number of aryl methyl sites for hydroxylation is 2. The van der Waals surface area contributed by atoms with Crippen molar-refractivity contribution in [1.82, 2.24) is 0 Å². The van der Waals surface area contributed by atoms with Crippen LogP contribution in [0.3, 0.4) is 0 Å². The van der Waals surface area contributed by atoms with Crippen LogP contribution in [0.4, 0.5) is 13.2 Å². The molecule has 0 saturated carbocycles. The number of halogens is 3. The van der Waals surface area contributed by atoms with E-state index in [1.165, 1.54) is 18.2 Å². The standard InChI is InChI=1S/C16H13F3O/c1-9-5-12(6-10(2)16(9)19)15(20)8-11-3-4-13(17)14(18)7-11/h3-7H,8H2,1-2H3. The molecule has 0 heterocycles. The van der Waals surface area contributed by atoms with Gasteiger partial charge in [-0.3, -0.25) is 4.79 Å².